The molecule has 2 aliphatic rings. The van der Waals surface area contributed by atoms with E-state index in [2.05, 4.69) is 17.1 Å². The molecule has 1 N–H and O–H groups in total. The number of likely N-dealkylation sites (tertiary alicyclic amines) is 1. The number of nitrogens with one attached hydrogen (secondary N) is 1. The highest BCUT2D eigenvalue weighted by atomic mass is 32.2. The number of hydrogen-bond acceptors (Lipinski definition) is 5. The van der Waals surface area contributed by atoms with Crippen LogP contribution in [0.5, 0.6) is 0 Å². The summed E-state index contributed by atoms with van der Waals surface area (Å²) in [4.78, 5) is 15.0. The summed E-state index contributed by atoms with van der Waals surface area (Å²) < 4.78 is 32.0. The second-order valence-electron chi connectivity index (χ2n) is 8.60. The van der Waals surface area contributed by atoms with Gasteiger partial charge in [0.15, 0.2) is 0 Å². The monoisotopic (exact) mass is 451 g/mol. The van der Waals surface area contributed by atoms with Crippen molar-refractivity contribution in [2.24, 2.45) is 0 Å². The number of benzene rings is 1. The summed E-state index contributed by atoms with van der Waals surface area (Å²) in [5.41, 5.74) is 0.968. The standard InChI is InChI=1S/C23H37N3O4S/c1-20-6-2-4-14-25(20)15-5-3-13-24-23(27)12-9-21-7-10-22(11-8-21)31(28,29)26-16-18-30-19-17-26/h7-8,10-11,20H,2-6,9,12-19H2,1H3,(H,24,27). The first-order chi connectivity index (χ1) is 15.0. The minimum Gasteiger partial charge on any atom is -0.379 e. The minimum absolute atomic E-state index is 0.0522. The minimum atomic E-state index is -3.47. The van der Waals surface area contributed by atoms with E-state index in [0.717, 1.165) is 31.5 Å². The fourth-order valence-electron chi connectivity index (χ4n) is 4.27. The van der Waals surface area contributed by atoms with E-state index in [-0.39, 0.29) is 5.91 Å². The predicted octanol–water partition coefficient (Wildman–Crippen LogP) is 2.41. The molecule has 0 spiro atoms. The molecule has 1 atom stereocenters. The maximum absolute atomic E-state index is 12.7. The van der Waals surface area contributed by atoms with Crippen molar-refractivity contribution in [1.82, 2.24) is 14.5 Å². The van der Waals surface area contributed by atoms with Crippen LogP contribution in [0.25, 0.3) is 0 Å². The molecule has 0 aromatic heterocycles. The van der Waals surface area contributed by atoms with Gasteiger partial charge >= 0.3 is 0 Å². The lowest BCUT2D eigenvalue weighted by atomic mass is 10.0. The zero-order valence-corrected chi connectivity index (χ0v) is 19.5. The second kappa shape index (κ2) is 11.9. The fraction of sp³-hybridized carbons (Fsp3) is 0.696. The highest BCUT2D eigenvalue weighted by molar-refractivity contribution is 7.89. The molecule has 8 heteroatoms. The lowest BCUT2D eigenvalue weighted by Crippen LogP contribution is -2.40. The zero-order chi connectivity index (χ0) is 22.1. The molecule has 0 saturated carbocycles. The Kier molecular flexibility index (Phi) is 9.31. The number of ether oxygens (including phenoxy) is 1. The number of morpholine rings is 1. The average Bonchev–Trinajstić information content (AvgIpc) is 2.79. The van der Waals surface area contributed by atoms with Crippen molar-refractivity contribution >= 4 is 15.9 Å². The maximum atomic E-state index is 12.7. The number of unbranched alkanes of at least 4 members (excludes halogenated alkanes) is 1. The first kappa shape index (κ1) is 24.2. The van der Waals surface area contributed by atoms with Gasteiger partial charge in [-0.3, -0.25) is 4.79 Å². The molecule has 1 aromatic carbocycles. The summed E-state index contributed by atoms with van der Waals surface area (Å²) >= 11 is 0. The molecule has 1 amide bonds. The highest BCUT2D eigenvalue weighted by Gasteiger charge is 2.26. The van der Waals surface area contributed by atoms with Crippen LogP contribution in [0, 0.1) is 0 Å². The number of hydrogen-bond donors (Lipinski definition) is 1. The number of amides is 1. The molecule has 2 aliphatic heterocycles. The Balaban J connectivity index is 1.33. The first-order valence-corrected chi connectivity index (χ1v) is 13.1. The number of carbonyl (C=O) groups is 1. The molecule has 0 bridgehead atoms. The Labute approximate surface area is 187 Å². The van der Waals surface area contributed by atoms with Crippen LogP contribution < -0.4 is 5.32 Å². The normalized spacial score (nSPS) is 21.1. The second-order valence-corrected chi connectivity index (χ2v) is 10.5. The fourth-order valence-corrected chi connectivity index (χ4v) is 5.68. The summed E-state index contributed by atoms with van der Waals surface area (Å²) in [5.74, 6) is 0.0522. The van der Waals surface area contributed by atoms with Gasteiger partial charge in [0, 0.05) is 32.1 Å². The van der Waals surface area contributed by atoms with Gasteiger partial charge in [0.2, 0.25) is 15.9 Å². The third-order valence-electron chi connectivity index (χ3n) is 6.31. The molecule has 2 fully saturated rings. The van der Waals surface area contributed by atoms with Gasteiger partial charge in [0.05, 0.1) is 18.1 Å². The van der Waals surface area contributed by atoms with Gasteiger partial charge in [-0.1, -0.05) is 18.6 Å². The molecule has 1 unspecified atom stereocenters. The van der Waals surface area contributed by atoms with Gasteiger partial charge in [0.25, 0.3) is 0 Å². The van der Waals surface area contributed by atoms with E-state index in [0.29, 0.717) is 50.1 Å². The Morgan fingerprint density at radius 2 is 1.84 bits per heavy atom. The third-order valence-corrected chi connectivity index (χ3v) is 8.22. The van der Waals surface area contributed by atoms with E-state index in [9.17, 15) is 13.2 Å². The molecule has 0 radical (unpaired) electrons. The molecular formula is C23H37N3O4S. The largest absolute Gasteiger partial charge is 0.379 e. The third kappa shape index (κ3) is 7.27. The molecule has 0 aliphatic carbocycles. The van der Waals surface area contributed by atoms with E-state index < -0.39 is 10.0 Å². The van der Waals surface area contributed by atoms with E-state index in [4.69, 9.17) is 4.74 Å². The van der Waals surface area contributed by atoms with Gasteiger partial charge < -0.3 is 15.0 Å². The molecule has 7 nitrogen and oxygen atoms in total. The molecule has 2 saturated heterocycles. The molecule has 1 aromatic rings. The lowest BCUT2D eigenvalue weighted by Gasteiger charge is -2.33. The number of nitrogens with zero attached hydrogens (tertiary/aromatic N) is 2. The van der Waals surface area contributed by atoms with Crippen LogP contribution in [0.3, 0.4) is 0 Å². The van der Waals surface area contributed by atoms with Crippen molar-refractivity contribution in [2.45, 2.75) is 62.8 Å². The average molecular weight is 452 g/mol. The smallest absolute Gasteiger partial charge is 0.243 e. The zero-order valence-electron chi connectivity index (χ0n) is 18.7. The molecule has 3 rings (SSSR count). The van der Waals surface area contributed by atoms with Gasteiger partial charge in [0.1, 0.15) is 0 Å². The molecular weight excluding hydrogens is 414 g/mol. The van der Waals surface area contributed by atoms with Crippen LogP contribution in [0.15, 0.2) is 29.2 Å². The van der Waals surface area contributed by atoms with Gasteiger partial charge in [-0.05, 0) is 69.8 Å². The maximum Gasteiger partial charge on any atom is 0.243 e. The van der Waals surface area contributed by atoms with Crippen LogP contribution in [0.1, 0.15) is 51.0 Å². The Morgan fingerprint density at radius 1 is 1.10 bits per heavy atom. The van der Waals surface area contributed by atoms with Gasteiger partial charge in [-0.15, -0.1) is 0 Å². The molecule has 2 heterocycles. The van der Waals surface area contributed by atoms with E-state index >= 15 is 0 Å². The number of piperidine rings is 1. The van der Waals surface area contributed by atoms with Crippen molar-refractivity contribution in [3.05, 3.63) is 29.8 Å². The number of aryl methyl sites for hydroxylation is 1. The summed E-state index contributed by atoms with van der Waals surface area (Å²) in [5, 5.41) is 3.01. The van der Waals surface area contributed by atoms with E-state index in [1.807, 2.05) is 0 Å². The quantitative estimate of drug-likeness (QED) is 0.553. The Morgan fingerprint density at radius 3 is 2.55 bits per heavy atom. The SMILES string of the molecule is CC1CCCCN1CCCCNC(=O)CCc1ccc(S(=O)(=O)N2CCOCC2)cc1. The topological polar surface area (TPSA) is 79.0 Å². The van der Waals surface area contributed by atoms with Crippen molar-refractivity contribution in [1.29, 1.82) is 0 Å². The van der Waals surface area contributed by atoms with E-state index in [1.54, 1.807) is 24.3 Å². The van der Waals surface area contributed by atoms with Crippen LogP contribution in [0.2, 0.25) is 0 Å². The lowest BCUT2D eigenvalue weighted by molar-refractivity contribution is -0.121. The number of carbonyl (C=O) groups excluding carboxylic acids is 1. The van der Waals surface area contributed by atoms with Gasteiger partial charge in [-0.25, -0.2) is 8.42 Å². The predicted molar refractivity (Wildman–Crippen MR) is 121 cm³/mol. The van der Waals surface area contributed by atoms with Crippen LogP contribution in [-0.2, 0) is 26.0 Å². The number of sulfonamides is 1. The van der Waals surface area contributed by atoms with Crippen molar-refractivity contribution in [2.75, 3.05) is 45.9 Å². The molecule has 174 valence electrons. The van der Waals surface area contributed by atoms with Crippen molar-refractivity contribution in [3.63, 3.8) is 0 Å². The Bertz CT molecular complexity index is 792. The first-order valence-electron chi connectivity index (χ1n) is 11.6. The van der Waals surface area contributed by atoms with Crippen molar-refractivity contribution < 1.29 is 17.9 Å². The summed E-state index contributed by atoms with van der Waals surface area (Å²) in [6.07, 6.45) is 7.10. The molecule has 31 heavy (non-hydrogen) atoms. The van der Waals surface area contributed by atoms with E-state index in [1.165, 1.54) is 30.1 Å². The van der Waals surface area contributed by atoms with Crippen LogP contribution in [0.4, 0.5) is 0 Å². The number of rotatable bonds is 10. The summed E-state index contributed by atoms with van der Waals surface area (Å²) in [6.45, 7) is 7.01. The summed E-state index contributed by atoms with van der Waals surface area (Å²) in [6, 6.07) is 7.58. The van der Waals surface area contributed by atoms with Crippen LogP contribution >= 0.6 is 0 Å². The summed E-state index contributed by atoms with van der Waals surface area (Å²) in [7, 11) is -3.47. The van der Waals surface area contributed by atoms with Gasteiger partial charge in [-0.2, -0.15) is 4.31 Å². The van der Waals surface area contributed by atoms with Crippen LogP contribution in [-0.4, -0.2) is 75.5 Å². The highest BCUT2D eigenvalue weighted by Crippen LogP contribution is 2.18. The van der Waals surface area contributed by atoms with Crippen molar-refractivity contribution in [3.8, 4) is 0 Å². The Hall–Kier alpha value is -1.48.